The van der Waals surface area contributed by atoms with E-state index in [0.29, 0.717) is 12.0 Å². The summed E-state index contributed by atoms with van der Waals surface area (Å²) in [5, 5.41) is 0. The van der Waals surface area contributed by atoms with Crippen LogP contribution in [0.2, 0.25) is 0 Å². The monoisotopic (exact) mass is 229 g/mol. The van der Waals surface area contributed by atoms with E-state index in [9.17, 15) is 4.39 Å². The average Bonchev–Trinajstić information content (AvgIpc) is 2.08. The molecule has 0 saturated carbocycles. The molecular formula is C12H17ClFN. The molecule has 0 saturated heterocycles. The third-order valence-electron chi connectivity index (χ3n) is 2.19. The molecule has 0 amide bonds. The standard InChI is InChI=1S/C12H16FN.ClH/c1-8(2)6-12(14)10-5-4-9(3)11(13)7-10;/h4-5,7,12H,1,6,14H2,2-3H3;1H/t12-;/m1./s1. The van der Waals surface area contributed by atoms with Crippen molar-refractivity contribution in [3.05, 3.63) is 47.3 Å². The van der Waals surface area contributed by atoms with Crippen molar-refractivity contribution in [2.45, 2.75) is 26.3 Å². The van der Waals surface area contributed by atoms with E-state index in [1.54, 1.807) is 13.0 Å². The zero-order valence-corrected chi connectivity index (χ0v) is 9.90. The van der Waals surface area contributed by atoms with Crippen LogP contribution in [0, 0.1) is 12.7 Å². The van der Waals surface area contributed by atoms with Crippen LogP contribution in [-0.2, 0) is 0 Å². The lowest BCUT2D eigenvalue weighted by Crippen LogP contribution is -2.10. The van der Waals surface area contributed by atoms with Crippen molar-refractivity contribution in [2.75, 3.05) is 0 Å². The van der Waals surface area contributed by atoms with Gasteiger partial charge in [-0.2, -0.15) is 0 Å². The number of benzene rings is 1. The third kappa shape index (κ3) is 4.02. The molecule has 0 unspecified atom stereocenters. The number of halogens is 2. The van der Waals surface area contributed by atoms with Crippen molar-refractivity contribution in [2.24, 2.45) is 5.73 Å². The van der Waals surface area contributed by atoms with Crippen molar-refractivity contribution < 1.29 is 4.39 Å². The molecule has 1 nitrogen and oxygen atoms in total. The summed E-state index contributed by atoms with van der Waals surface area (Å²) in [6.07, 6.45) is 0.697. The molecule has 0 heterocycles. The van der Waals surface area contributed by atoms with Gasteiger partial charge in [-0.15, -0.1) is 19.0 Å². The zero-order valence-electron chi connectivity index (χ0n) is 9.09. The molecule has 84 valence electrons. The zero-order chi connectivity index (χ0) is 10.7. The SMILES string of the molecule is C=C(C)C[C@@H](N)c1ccc(C)c(F)c1.Cl. The number of aryl methyl sites for hydroxylation is 1. The fourth-order valence-corrected chi connectivity index (χ4v) is 1.33. The van der Waals surface area contributed by atoms with Gasteiger partial charge in [0.15, 0.2) is 0 Å². The molecular weight excluding hydrogens is 213 g/mol. The third-order valence-corrected chi connectivity index (χ3v) is 2.19. The lowest BCUT2D eigenvalue weighted by Gasteiger charge is -2.12. The van der Waals surface area contributed by atoms with Crippen molar-refractivity contribution in [1.29, 1.82) is 0 Å². The fourth-order valence-electron chi connectivity index (χ4n) is 1.33. The molecule has 1 rings (SSSR count). The van der Waals surface area contributed by atoms with Crippen LogP contribution in [-0.4, -0.2) is 0 Å². The predicted molar refractivity (Wildman–Crippen MR) is 64.7 cm³/mol. The minimum Gasteiger partial charge on any atom is -0.324 e. The van der Waals surface area contributed by atoms with Gasteiger partial charge in [-0.3, -0.25) is 0 Å². The van der Waals surface area contributed by atoms with E-state index in [1.165, 1.54) is 6.07 Å². The molecule has 0 aromatic heterocycles. The summed E-state index contributed by atoms with van der Waals surface area (Å²) in [6, 6.07) is 4.97. The summed E-state index contributed by atoms with van der Waals surface area (Å²) in [4.78, 5) is 0. The molecule has 0 bridgehead atoms. The van der Waals surface area contributed by atoms with Gasteiger partial charge in [0.25, 0.3) is 0 Å². The topological polar surface area (TPSA) is 26.0 Å². The van der Waals surface area contributed by atoms with Gasteiger partial charge >= 0.3 is 0 Å². The van der Waals surface area contributed by atoms with E-state index in [4.69, 9.17) is 5.73 Å². The van der Waals surface area contributed by atoms with Crippen LogP contribution < -0.4 is 5.73 Å². The summed E-state index contributed by atoms with van der Waals surface area (Å²) in [5.41, 5.74) is 8.38. The quantitative estimate of drug-likeness (QED) is 0.789. The van der Waals surface area contributed by atoms with Crippen LogP contribution in [0.1, 0.15) is 30.5 Å². The summed E-state index contributed by atoms with van der Waals surface area (Å²) in [5.74, 6) is -0.195. The Balaban J connectivity index is 0.00000196. The van der Waals surface area contributed by atoms with E-state index < -0.39 is 0 Å². The number of hydrogen-bond acceptors (Lipinski definition) is 1. The minimum atomic E-state index is -0.195. The van der Waals surface area contributed by atoms with Crippen LogP contribution in [0.25, 0.3) is 0 Å². The first-order chi connectivity index (χ1) is 6.50. The Hall–Kier alpha value is -0.860. The first kappa shape index (κ1) is 14.1. The normalized spacial score (nSPS) is 11.7. The Morgan fingerprint density at radius 1 is 1.53 bits per heavy atom. The molecule has 0 aliphatic heterocycles. The largest absolute Gasteiger partial charge is 0.324 e. The smallest absolute Gasteiger partial charge is 0.126 e. The van der Waals surface area contributed by atoms with E-state index in [2.05, 4.69) is 6.58 Å². The molecule has 3 heteroatoms. The Morgan fingerprint density at radius 3 is 2.60 bits per heavy atom. The summed E-state index contributed by atoms with van der Waals surface area (Å²) >= 11 is 0. The lowest BCUT2D eigenvalue weighted by molar-refractivity contribution is 0.609. The van der Waals surface area contributed by atoms with Crippen molar-refractivity contribution >= 4 is 12.4 Å². The molecule has 1 aromatic carbocycles. The molecule has 15 heavy (non-hydrogen) atoms. The van der Waals surface area contributed by atoms with Crippen LogP contribution in [0.3, 0.4) is 0 Å². The molecule has 0 fully saturated rings. The van der Waals surface area contributed by atoms with E-state index in [-0.39, 0.29) is 24.3 Å². The van der Waals surface area contributed by atoms with Crippen molar-refractivity contribution in [3.8, 4) is 0 Å². The second-order valence-electron chi connectivity index (χ2n) is 3.78. The van der Waals surface area contributed by atoms with Crippen LogP contribution in [0.4, 0.5) is 4.39 Å². The first-order valence-electron chi connectivity index (χ1n) is 4.66. The number of hydrogen-bond donors (Lipinski definition) is 1. The second kappa shape index (κ2) is 5.89. The Bertz CT molecular complexity index is 349. The summed E-state index contributed by atoms with van der Waals surface area (Å²) in [6.45, 7) is 7.45. The van der Waals surface area contributed by atoms with Gasteiger partial charge in [0.1, 0.15) is 5.82 Å². The maximum absolute atomic E-state index is 13.2. The first-order valence-corrected chi connectivity index (χ1v) is 4.66. The molecule has 0 aliphatic carbocycles. The number of rotatable bonds is 3. The maximum Gasteiger partial charge on any atom is 0.126 e. The molecule has 0 spiro atoms. The van der Waals surface area contributed by atoms with Crippen LogP contribution >= 0.6 is 12.4 Å². The van der Waals surface area contributed by atoms with Crippen LogP contribution in [0.5, 0.6) is 0 Å². The highest BCUT2D eigenvalue weighted by atomic mass is 35.5. The van der Waals surface area contributed by atoms with Gasteiger partial charge in [-0.25, -0.2) is 4.39 Å². The molecule has 0 aliphatic rings. The van der Waals surface area contributed by atoms with E-state index >= 15 is 0 Å². The fraction of sp³-hybridized carbons (Fsp3) is 0.333. The molecule has 0 radical (unpaired) electrons. The molecule has 1 aromatic rings. The highest BCUT2D eigenvalue weighted by Crippen LogP contribution is 2.19. The lowest BCUT2D eigenvalue weighted by atomic mass is 10.00. The van der Waals surface area contributed by atoms with Crippen molar-refractivity contribution in [1.82, 2.24) is 0 Å². The van der Waals surface area contributed by atoms with Gasteiger partial charge in [-0.05, 0) is 37.5 Å². The Morgan fingerprint density at radius 2 is 2.13 bits per heavy atom. The maximum atomic E-state index is 13.2. The van der Waals surface area contributed by atoms with Gasteiger partial charge in [0, 0.05) is 6.04 Å². The predicted octanol–water partition coefficient (Wildman–Crippen LogP) is 3.52. The number of nitrogens with two attached hydrogens (primary N) is 1. The highest BCUT2D eigenvalue weighted by Gasteiger charge is 2.07. The average molecular weight is 230 g/mol. The van der Waals surface area contributed by atoms with Crippen LogP contribution in [0.15, 0.2) is 30.4 Å². The highest BCUT2D eigenvalue weighted by molar-refractivity contribution is 5.85. The van der Waals surface area contributed by atoms with Gasteiger partial charge < -0.3 is 5.73 Å². The second-order valence-corrected chi connectivity index (χ2v) is 3.78. The van der Waals surface area contributed by atoms with E-state index in [1.807, 2.05) is 13.0 Å². The summed E-state index contributed by atoms with van der Waals surface area (Å²) in [7, 11) is 0. The Kier molecular flexibility index (Phi) is 5.55. The molecule has 1 atom stereocenters. The minimum absolute atomic E-state index is 0. The van der Waals surface area contributed by atoms with Crippen molar-refractivity contribution in [3.63, 3.8) is 0 Å². The van der Waals surface area contributed by atoms with Gasteiger partial charge in [0.05, 0.1) is 0 Å². The van der Waals surface area contributed by atoms with E-state index in [0.717, 1.165) is 11.1 Å². The summed E-state index contributed by atoms with van der Waals surface area (Å²) < 4.78 is 13.2. The van der Waals surface area contributed by atoms with Gasteiger partial charge in [0.2, 0.25) is 0 Å². The molecule has 2 N–H and O–H groups in total. The Labute approximate surface area is 96.6 Å². The van der Waals surface area contributed by atoms with Gasteiger partial charge in [-0.1, -0.05) is 17.7 Å².